The molecular formula is C15H21FN2O. The number of carbonyl (C=O) groups is 1. The molecular weight excluding hydrogens is 243 g/mol. The first-order valence-electron chi connectivity index (χ1n) is 6.92. The molecule has 4 heteroatoms. The molecule has 1 saturated heterocycles. The molecule has 0 radical (unpaired) electrons. The molecule has 0 aromatic carbocycles. The predicted molar refractivity (Wildman–Crippen MR) is 72.6 cm³/mol. The second-order valence-electron chi connectivity index (χ2n) is 5.68. The standard InChI is InChI=1S/C15H21FN2O/c1-15(2,18-7-5-3-4-6-8-18)14(19)12-9-13(16)11-17-10-12/h9-11H,3-8H2,1-2H3. The lowest BCUT2D eigenvalue weighted by atomic mass is 9.91. The smallest absolute Gasteiger partial charge is 0.184 e. The van der Waals surface area contributed by atoms with Crippen LogP contribution in [0, 0.1) is 5.82 Å². The fourth-order valence-corrected chi connectivity index (χ4v) is 2.66. The Balaban J connectivity index is 2.20. The maximum absolute atomic E-state index is 13.2. The fraction of sp³-hybridized carbons (Fsp3) is 0.600. The average molecular weight is 264 g/mol. The number of hydrogen-bond acceptors (Lipinski definition) is 3. The van der Waals surface area contributed by atoms with Gasteiger partial charge in [0, 0.05) is 11.8 Å². The van der Waals surface area contributed by atoms with Crippen LogP contribution in [0.15, 0.2) is 18.5 Å². The highest BCUT2D eigenvalue weighted by Gasteiger charge is 2.35. The molecule has 0 amide bonds. The van der Waals surface area contributed by atoms with Gasteiger partial charge in [-0.15, -0.1) is 0 Å². The van der Waals surface area contributed by atoms with Gasteiger partial charge in [-0.1, -0.05) is 12.8 Å². The van der Waals surface area contributed by atoms with E-state index in [4.69, 9.17) is 0 Å². The zero-order chi connectivity index (χ0) is 13.9. The van der Waals surface area contributed by atoms with Crippen molar-refractivity contribution in [3.63, 3.8) is 0 Å². The molecule has 2 heterocycles. The predicted octanol–water partition coefficient (Wildman–Crippen LogP) is 3.06. The fourth-order valence-electron chi connectivity index (χ4n) is 2.66. The molecule has 3 nitrogen and oxygen atoms in total. The highest BCUT2D eigenvalue weighted by atomic mass is 19.1. The minimum Gasteiger partial charge on any atom is -0.292 e. The highest BCUT2D eigenvalue weighted by molar-refractivity contribution is 6.02. The van der Waals surface area contributed by atoms with E-state index in [9.17, 15) is 9.18 Å². The Hall–Kier alpha value is -1.29. The lowest BCUT2D eigenvalue weighted by Crippen LogP contribution is -2.50. The first-order chi connectivity index (χ1) is 9.01. The summed E-state index contributed by atoms with van der Waals surface area (Å²) < 4.78 is 13.2. The molecule has 0 aliphatic carbocycles. The second-order valence-corrected chi connectivity index (χ2v) is 5.68. The minimum absolute atomic E-state index is 0.0543. The van der Waals surface area contributed by atoms with Crippen LogP contribution in [0.3, 0.4) is 0 Å². The molecule has 104 valence electrons. The number of nitrogens with zero attached hydrogens (tertiary/aromatic N) is 2. The number of hydrogen-bond donors (Lipinski definition) is 0. The molecule has 0 unspecified atom stereocenters. The van der Waals surface area contributed by atoms with Gasteiger partial charge in [-0.05, 0) is 45.8 Å². The molecule has 0 spiro atoms. The van der Waals surface area contributed by atoms with Crippen LogP contribution in [0.5, 0.6) is 0 Å². The summed E-state index contributed by atoms with van der Waals surface area (Å²) in [6, 6.07) is 1.27. The van der Waals surface area contributed by atoms with Gasteiger partial charge >= 0.3 is 0 Å². The van der Waals surface area contributed by atoms with Crippen LogP contribution < -0.4 is 0 Å². The molecule has 1 aliphatic heterocycles. The Morgan fingerprint density at radius 3 is 2.42 bits per heavy atom. The van der Waals surface area contributed by atoms with Crippen LogP contribution in [0.4, 0.5) is 4.39 Å². The van der Waals surface area contributed by atoms with Gasteiger partial charge in [0.25, 0.3) is 0 Å². The highest BCUT2D eigenvalue weighted by Crippen LogP contribution is 2.24. The van der Waals surface area contributed by atoms with E-state index in [1.54, 1.807) is 0 Å². The van der Waals surface area contributed by atoms with Crippen LogP contribution in [-0.2, 0) is 0 Å². The van der Waals surface area contributed by atoms with Gasteiger partial charge in [-0.25, -0.2) is 4.39 Å². The Kier molecular flexibility index (Phi) is 4.30. The number of Topliss-reactive ketones (excluding diaryl/α,β-unsaturated/α-hetero) is 1. The van der Waals surface area contributed by atoms with Crippen molar-refractivity contribution in [3.05, 3.63) is 29.8 Å². The summed E-state index contributed by atoms with van der Waals surface area (Å²) >= 11 is 0. The number of likely N-dealkylation sites (tertiary alicyclic amines) is 1. The third kappa shape index (κ3) is 3.18. The van der Waals surface area contributed by atoms with E-state index in [2.05, 4.69) is 9.88 Å². The van der Waals surface area contributed by atoms with Crippen LogP contribution >= 0.6 is 0 Å². The summed E-state index contributed by atoms with van der Waals surface area (Å²) in [5, 5.41) is 0. The summed E-state index contributed by atoms with van der Waals surface area (Å²) in [6.45, 7) is 5.71. The molecule has 2 rings (SSSR count). The monoisotopic (exact) mass is 264 g/mol. The summed E-state index contributed by atoms with van der Waals surface area (Å²) in [5.74, 6) is -0.515. The van der Waals surface area contributed by atoms with Crippen LogP contribution in [-0.4, -0.2) is 34.3 Å². The van der Waals surface area contributed by atoms with Crippen molar-refractivity contribution in [2.45, 2.75) is 45.1 Å². The molecule has 1 aromatic heterocycles. The van der Waals surface area contributed by atoms with Gasteiger partial charge in [0.2, 0.25) is 0 Å². The topological polar surface area (TPSA) is 33.2 Å². The van der Waals surface area contributed by atoms with Crippen molar-refractivity contribution in [1.29, 1.82) is 0 Å². The van der Waals surface area contributed by atoms with Crippen LogP contribution in [0.1, 0.15) is 49.9 Å². The van der Waals surface area contributed by atoms with Crippen LogP contribution in [0.2, 0.25) is 0 Å². The van der Waals surface area contributed by atoms with Gasteiger partial charge in [0.05, 0.1) is 11.7 Å². The van der Waals surface area contributed by atoms with Gasteiger partial charge in [-0.2, -0.15) is 0 Å². The van der Waals surface area contributed by atoms with E-state index in [0.29, 0.717) is 5.56 Å². The number of pyridine rings is 1. The Labute approximate surface area is 113 Å². The van der Waals surface area contributed by atoms with E-state index >= 15 is 0 Å². The van der Waals surface area contributed by atoms with Gasteiger partial charge in [0.1, 0.15) is 5.82 Å². The Morgan fingerprint density at radius 1 is 1.21 bits per heavy atom. The molecule has 0 saturated carbocycles. The van der Waals surface area contributed by atoms with Gasteiger partial charge < -0.3 is 0 Å². The maximum atomic E-state index is 13.2. The van der Waals surface area contributed by atoms with E-state index in [1.807, 2.05) is 13.8 Å². The van der Waals surface area contributed by atoms with Gasteiger partial charge in [0.15, 0.2) is 5.78 Å². The minimum atomic E-state index is -0.597. The first kappa shape index (κ1) is 14.1. The summed E-state index contributed by atoms with van der Waals surface area (Å²) in [6.07, 6.45) is 7.27. The summed E-state index contributed by atoms with van der Waals surface area (Å²) in [4.78, 5) is 18.6. The van der Waals surface area contributed by atoms with Crippen molar-refractivity contribution < 1.29 is 9.18 Å². The van der Waals surface area contributed by atoms with Crippen LogP contribution in [0.25, 0.3) is 0 Å². The Bertz CT molecular complexity index is 451. The number of aromatic nitrogens is 1. The molecule has 1 aliphatic rings. The lowest BCUT2D eigenvalue weighted by Gasteiger charge is -2.36. The molecule has 1 fully saturated rings. The second kappa shape index (κ2) is 5.78. The molecule has 1 aromatic rings. The summed E-state index contributed by atoms with van der Waals surface area (Å²) in [5.41, 5.74) is -0.242. The van der Waals surface area contributed by atoms with E-state index < -0.39 is 11.4 Å². The third-order valence-electron chi connectivity index (χ3n) is 3.92. The maximum Gasteiger partial charge on any atom is 0.184 e. The zero-order valence-corrected chi connectivity index (χ0v) is 11.7. The molecule has 0 bridgehead atoms. The van der Waals surface area contributed by atoms with E-state index in [1.165, 1.54) is 25.1 Å². The molecule has 0 N–H and O–H groups in total. The number of carbonyl (C=O) groups excluding carboxylic acids is 1. The molecule has 0 atom stereocenters. The van der Waals surface area contributed by atoms with Crippen molar-refractivity contribution in [2.24, 2.45) is 0 Å². The SMILES string of the molecule is CC(C)(C(=O)c1cncc(F)c1)N1CCCCCC1. The number of ketones is 1. The lowest BCUT2D eigenvalue weighted by molar-refractivity contribution is 0.0649. The quantitative estimate of drug-likeness (QED) is 0.787. The number of rotatable bonds is 3. The summed E-state index contributed by atoms with van der Waals surface area (Å²) in [7, 11) is 0. The zero-order valence-electron chi connectivity index (χ0n) is 11.7. The van der Waals surface area contributed by atoms with Crippen molar-refractivity contribution in [1.82, 2.24) is 9.88 Å². The number of halogens is 1. The van der Waals surface area contributed by atoms with Crippen molar-refractivity contribution in [2.75, 3.05) is 13.1 Å². The first-order valence-corrected chi connectivity index (χ1v) is 6.92. The van der Waals surface area contributed by atoms with E-state index in [-0.39, 0.29) is 5.78 Å². The Morgan fingerprint density at radius 2 is 1.84 bits per heavy atom. The van der Waals surface area contributed by atoms with Crippen molar-refractivity contribution >= 4 is 5.78 Å². The normalized spacial score (nSPS) is 18.1. The average Bonchev–Trinajstić information content (AvgIpc) is 2.67. The largest absolute Gasteiger partial charge is 0.292 e. The van der Waals surface area contributed by atoms with E-state index in [0.717, 1.165) is 32.1 Å². The van der Waals surface area contributed by atoms with Gasteiger partial charge in [-0.3, -0.25) is 14.7 Å². The van der Waals surface area contributed by atoms with Crippen molar-refractivity contribution in [3.8, 4) is 0 Å². The third-order valence-corrected chi connectivity index (χ3v) is 3.92. The molecule has 19 heavy (non-hydrogen) atoms.